The number of anilines is 1. The summed E-state index contributed by atoms with van der Waals surface area (Å²) >= 11 is 0. The molecule has 0 saturated carbocycles. The van der Waals surface area contributed by atoms with Gasteiger partial charge in [0, 0.05) is 25.3 Å². The molecule has 0 spiro atoms. The van der Waals surface area contributed by atoms with Gasteiger partial charge in [-0.25, -0.2) is 4.79 Å². The number of nitrogens with zero attached hydrogens (tertiary/aromatic N) is 1. The van der Waals surface area contributed by atoms with Crippen LogP contribution in [-0.2, 0) is 17.6 Å². The Kier molecular flexibility index (Phi) is 4.88. The molecular weight excluding hydrogens is 314 g/mol. The number of ketones is 1. The minimum absolute atomic E-state index is 0.159. The van der Waals surface area contributed by atoms with Gasteiger partial charge in [-0.15, -0.1) is 0 Å². The topological polar surface area (TPSA) is 46.6 Å². The zero-order valence-corrected chi connectivity index (χ0v) is 14.9. The van der Waals surface area contributed by atoms with Crippen molar-refractivity contribution < 1.29 is 14.3 Å². The molecule has 1 aliphatic carbocycles. The quantitative estimate of drug-likeness (QED) is 0.617. The molecular formula is C21H23NO3. The van der Waals surface area contributed by atoms with Crippen LogP contribution >= 0.6 is 0 Å². The fourth-order valence-corrected chi connectivity index (χ4v) is 3.14. The Bertz CT molecular complexity index is 793. The third-order valence-corrected chi connectivity index (χ3v) is 4.66. The van der Waals surface area contributed by atoms with E-state index in [2.05, 4.69) is 0 Å². The fourth-order valence-electron chi connectivity index (χ4n) is 3.14. The molecule has 0 saturated heterocycles. The standard InChI is InChI=1S/C21H23NO3/c1-14(20(23)18-8-7-15-5-4-6-17(15)13-18)25-21(24)16-9-11-19(12-10-16)22(2)3/h7-14H,4-6H2,1-3H3/t14-/m0/s1. The number of ether oxygens (including phenoxy) is 1. The normalized spacial score (nSPS) is 13.9. The molecule has 0 radical (unpaired) electrons. The van der Waals surface area contributed by atoms with Gasteiger partial charge in [0.05, 0.1) is 5.56 Å². The van der Waals surface area contributed by atoms with E-state index in [1.54, 1.807) is 19.1 Å². The number of fused-ring (bicyclic) bond motifs is 1. The first-order valence-electron chi connectivity index (χ1n) is 8.60. The Morgan fingerprint density at radius 3 is 2.28 bits per heavy atom. The molecule has 1 atom stereocenters. The molecule has 130 valence electrons. The maximum atomic E-state index is 12.6. The molecule has 2 aromatic rings. The highest BCUT2D eigenvalue weighted by atomic mass is 16.5. The average Bonchev–Trinajstić information content (AvgIpc) is 3.08. The summed E-state index contributed by atoms with van der Waals surface area (Å²) < 4.78 is 5.37. The van der Waals surface area contributed by atoms with Crippen LogP contribution in [0.4, 0.5) is 5.69 Å². The number of carbonyl (C=O) groups excluding carboxylic acids is 2. The summed E-state index contributed by atoms with van der Waals surface area (Å²) in [6.07, 6.45) is 2.43. The van der Waals surface area contributed by atoms with Crippen molar-refractivity contribution in [2.24, 2.45) is 0 Å². The van der Waals surface area contributed by atoms with Crippen LogP contribution in [0.5, 0.6) is 0 Å². The number of benzene rings is 2. The van der Waals surface area contributed by atoms with Crippen LogP contribution < -0.4 is 4.90 Å². The summed E-state index contributed by atoms with van der Waals surface area (Å²) in [4.78, 5) is 26.8. The van der Waals surface area contributed by atoms with E-state index in [9.17, 15) is 9.59 Å². The van der Waals surface area contributed by atoms with Gasteiger partial charge in [-0.2, -0.15) is 0 Å². The number of esters is 1. The van der Waals surface area contributed by atoms with E-state index in [0.717, 1.165) is 24.9 Å². The largest absolute Gasteiger partial charge is 0.451 e. The van der Waals surface area contributed by atoms with Gasteiger partial charge in [-0.3, -0.25) is 4.79 Å². The average molecular weight is 337 g/mol. The third-order valence-electron chi connectivity index (χ3n) is 4.66. The van der Waals surface area contributed by atoms with Gasteiger partial charge in [0.15, 0.2) is 6.10 Å². The molecule has 0 bridgehead atoms. The van der Waals surface area contributed by atoms with Crippen LogP contribution in [0.15, 0.2) is 42.5 Å². The van der Waals surface area contributed by atoms with E-state index in [4.69, 9.17) is 4.74 Å². The maximum absolute atomic E-state index is 12.6. The van der Waals surface area contributed by atoms with Crippen LogP contribution in [0.3, 0.4) is 0 Å². The van der Waals surface area contributed by atoms with Gasteiger partial charge in [0.25, 0.3) is 0 Å². The van der Waals surface area contributed by atoms with Gasteiger partial charge in [0.1, 0.15) is 0 Å². The van der Waals surface area contributed by atoms with E-state index in [0.29, 0.717) is 11.1 Å². The molecule has 2 aromatic carbocycles. The van der Waals surface area contributed by atoms with Crippen molar-refractivity contribution >= 4 is 17.4 Å². The first-order valence-corrected chi connectivity index (χ1v) is 8.60. The Labute approximate surface area is 148 Å². The lowest BCUT2D eigenvalue weighted by Gasteiger charge is -2.15. The highest BCUT2D eigenvalue weighted by Crippen LogP contribution is 2.24. The first-order chi connectivity index (χ1) is 12.0. The minimum Gasteiger partial charge on any atom is -0.451 e. The molecule has 0 aliphatic heterocycles. The SMILES string of the molecule is C[C@H](OC(=O)c1ccc(N(C)C)cc1)C(=O)c1ccc2c(c1)CCC2. The molecule has 3 rings (SSSR count). The number of hydrogen-bond donors (Lipinski definition) is 0. The summed E-state index contributed by atoms with van der Waals surface area (Å²) in [5.41, 5.74) is 4.62. The summed E-state index contributed by atoms with van der Waals surface area (Å²) in [7, 11) is 3.87. The summed E-state index contributed by atoms with van der Waals surface area (Å²) in [6, 6.07) is 12.9. The lowest BCUT2D eigenvalue weighted by molar-refractivity contribution is 0.0319. The van der Waals surface area contributed by atoms with Gasteiger partial charge in [0.2, 0.25) is 5.78 Å². The Morgan fingerprint density at radius 2 is 1.60 bits per heavy atom. The Hall–Kier alpha value is -2.62. The molecule has 0 unspecified atom stereocenters. The van der Waals surface area contributed by atoms with E-state index >= 15 is 0 Å². The van der Waals surface area contributed by atoms with Crippen LogP contribution in [-0.4, -0.2) is 32.0 Å². The van der Waals surface area contributed by atoms with Crippen molar-refractivity contribution in [1.82, 2.24) is 0 Å². The molecule has 0 heterocycles. The summed E-state index contributed by atoms with van der Waals surface area (Å²) in [6.45, 7) is 1.63. The van der Waals surface area contributed by atoms with Crippen molar-refractivity contribution in [2.45, 2.75) is 32.3 Å². The van der Waals surface area contributed by atoms with E-state index in [1.165, 1.54) is 11.1 Å². The molecule has 4 heteroatoms. The maximum Gasteiger partial charge on any atom is 0.338 e. The van der Waals surface area contributed by atoms with E-state index in [1.807, 2.05) is 49.3 Å². The van der Waals surface area contributed by atoms with Crippen molar-refractivity contribution in [3.63, 3.8) is 0 Å². The number of aryl methyl sites for hydroxylation is 2. The number of hydrogen-bond acceptors (Lipinski definition) is 4. The number of rotatable bonds is 5. The smallest absolute Gasteiger partial charge is 0.338 e. The first kappa shape index (κ1) is 17.2. The molecule has 0 amide bonds. The van der Waals surface area contributed by atoms with Crippen molar-refractivity contribution in [3.05, 3.63) is 64.7 Å². The highest BCUT2D eigenvalue weighted by molar-refractivity contribution is 6.01. The van der Waals surface area contributed by atoms with Gasteiger partial charge in [-0.1, -0.05) is 12.1 Å². The second kappa shape index (κ2) is 7.09. The van der Waals surface area contributed by atoms with Crippen LogP contribution in [0.2, 0.25) is 0 Å². The highest BCUT2D eigenvalue weighted by Gasteiger charge is 2.22. The van der Waals surface area contributed by atoms with Crippen LogP contribution in [0.1, 0.15) is 45.2 Å². The second-order valence-electron chi connectivity index (χ2n) is 6.69. The summed E-state index contributed by atoms with van der Waals surface area (Å²) in [5.74, 6) is -0.639. The minimum atomic E-state index is -0.805. The predicted octanol–water partition coefficient (Wildman–Crippen LogP) is 3.67. The lowest BCUT2D eigenvalue weighted by Crippen LogP contribution is -2.24. The predicted molar refractivity (Wildman–Crippen MR) is 98.4 cm³/mol. The zero-order chi connectivity index (χ0) is 18.0. The van der Waals surface area contributed by atoms with Gasteiger partial charge < -0.3 is 9.64 Å². The summed E-state index contributed by atoms with van der Waals surface area (Å²) in [5, 5.41) is 0. The van der Waals surface area contributed by atoms with Gasteiger partial charge >= 0.3 is 5.97 Å². The monoisotopic (exact) mass is 337 g/mol. The van der Waals surface area contributed by atoms with Crippen LogP contribution in [0.25, 0.3) is 0 Å². The molecule has 0 N–H and O–H groups in total. The second-order valence-corrected chi connectivity index (χ2v) is 6.69. The molecule has 4 nitrogen and oxygen atoms in total. The third kappa shape index (κ3) is 3.73. The van der Waals surface area contributed by atoms with Crippen molar-refractivity contribution in [3.8, 4) is 0 Å². The molecule has 1 aliphatic rings. The Morgan fingerprint density at radius 1 is 0.960 bits per heavy atom. The fraction of sp³-hybridized carbons (Fsp3) is 0.333. The van der Waals surface area contributed by atoms with Gasteiger partial charge in [-0.05, 0) is 67.6 Å². The lowest BCUT2D eigenvalue weighted by atomic mass is 10.0. The van der Waals surface area contributed by atoms with Crippen molar-refractivity contribution in [1.29, 1.82) is 0 Å². The zero-order valence-electron chi connectivity index (χ0n) is 14.9. The number of Topliss-reactive ketones (excluding diaryl/α,β-unsaturated/α-hetero) is 1. The van der Waals surface area contributed by atoms with Crippen LogP contribution in [0, 0.1) is 0 Å². The molecule has 0 aromatic heterocycles. The number of carbonyl (C=O) groups is 2. The molecule has 0 fully saturated rings. The van der Waals surface area contributed by atoms with Crippen molar-refractivity contribution in [2.75, 3.05) is 19.0 Å². The molecule has 25 heavy (non-hydrogen) atoms. The Balaban J connectivity index is 1.67. The van der Waals surface area contributed by atoms with E-state index < -0.39 is 12.1 Å². The van der Waals surface area contributed by atoms with E-state index in [-0.39, 0.29) is 5.78 Å².